The number of aromatic nitrogens is 1. The summed E-state index contributed by atoms with van der Waals surface area (Å²) in [5, 5.41) is 4.41. The monoisotopic (exact) mass is 321 g/mol. The van der Waals surface area contributed by atoms with E-state index in [0.717, 1.165) is 29.6 Å². The maximum Gasteiger partial charge on any atom is 0.346 e. The third-order valence-corrected chi connectivity index (χ3v) is 3.89. The van der Waals surface area contributed by atoms with Gasteiger partial charge in [0, 0.05) is 12.6 Å². The largest absolute Gasteiger partial charge is 0.462 e. The van der Waals surface area contributed by atoms with Gasteiger partial charge in [-0.1, -0.05) is 42.5 Å². The van der Waals surface area contributed by atoms with Crippen molar-refractivity contribution in [3.8, 4) is 0 Å². The normalized spacial score (nSPS) is 10.5. The Kier molecular flexibility index (Phi) is 5.06. The fraction of sp³-hybridized carbons (Fsp3) is 0.200. The van der Waals surface area contributed by atoms with Gasteiger partial charge in [-0.05, 0) is 25.0 Å². The van der Waals surface area contributed by atoms with E-state index in [9.17, 15) is 4.79 Å². The summed E-state index contributed by atoms with van der Waals surface area (Å²) in [6, 6.07) is 18.2. The van der Waals surface area contributed by atoms with Crippen molar-refractivity contribution in [1.82, 2.24) is 0 Å². The van der Waals surface area contributed by atoms with Gasteiger partial charge in [0.2, 0.25) is 5.52 Å². The minimum absolute atomic E-state index is 0.318. The molecule has 0 saturated carbocycles. The minimum atomic E-state index is -0.318. The second kappa shape index (κ2) is 7.59. The number of ether oxygens (including phenoxy) is 1. The first kappa shape index (κ1) is 16.0. The number of H-pyrrole nitrogens is 1. The molecule has 0 amide bonds. The molecule has 0 aliphatic rings. The van der Waals surface area contributed by atoms with Crippen LogP contribution in [0.2, 0.25) is 0 Å². The zero-order valence-electron chi connectivity index (χ0n) is 13.7. The first-order chi connectivity index (χ1) is 11.8. The van der Waals surface area contributed by atoms with Gasteiger partial charge in [-0.3, -0.25) is 0 Å². The maximum atomic E-state index is 12.3. The number of para-hydroxylation sites is 1. The molecule has 4 nitrogen and oxygen atoms in total. The average Bonchev–Trinajstić information content (AvgIpc) is 2.63. The highest BCUT2D eigenvalue weighted by atomic mass is 16.5. The van der Waals surface area contributed by atoms with Gasteiger partial charge in [0.25, 0.3) is 0 Å². The smallest absolute Gasteiger partial charge is 0.346 e. The number of rotatable bonds is 6. The molecule has 0 spiro atoms. The lowest BCUT2D eigenvalue weighted by Gasteiger charge is -2.11. The van der Waals surface area contributed by atoms with Crippen molar-refractivity contribution >= 4 is 22.6 Å². The summed E-state index contributed by atoms with van der Waals surface area (Å²) >= 11 is 0. The Balaban J connectivity index is 1.88. The number of benzene rings is 2. The molecule has 0 atom stereocenters. The Bertz CT molecular complexity index is 831. The molecule has 0 saturated heterocycles. The summed E-state index contributed by atoms with van der Waals surface area (Å²) in [6.45, 7) is 2.91. The molecular weight excluding hydrogens is 300 g/mol. The van der Waals surface area contributed by atoms with Gasteiger partial charge in [0.1, 0.15) is 5.56 Å². The predicted octanol–water partition coefficient (Wildman–Crippen LogP) is 3.49. The van der Waals surface area contributed by atoms with Crippen molar-refractivity contribution in [3.05, 3.63) is 71.9 Å². The van der Waals surface area contributed by atoms with Crippen LogP contribution in [0.3, 0.4) is 0 Å². The van der Waals surface area contributed by atoms with Gasteiger partial charge >= 0.3 is 5.97 Å². The van der Waals surface area contributed by atoms with Crippen molar-refractivity contribution in [2.75, 3.05) is 18.5 Å². The zero-order chi connectivity index (χ0) is 16.8. The molecule has 4 heteroatoms. The third kappa shape index (κ3) is 3.54. The van der Waals surface area contributed by atoms with Crippen LogP contribution in [0.1, 0.15) is 22.8 Å². The molecule has 1 heterocycles. The van der Waals surface area contributed by atoms with E-state index < -0.39 is 0 Å². The van der Waals surface area contributed by atoms with Gasteiger partial charge in [-0.15, -0.1) is 0 Å². The summed E-state index contributed by atoms with van der Waals surface area (Å²) in [5.41, 5.74) is 3.59. The van der Waals surface area contributed by atoms with Crippen molar-refractivity contribution in [2.45, 2.75) is 13.3 Å². The minimum Gasteiger partial charge on any atom is -0.462 e. The maximum absolute atomic E-state index is 12.3. The summed E-state index contributed by atoms with van der Waals surface area (Å²) in [5.74, 6) is -0.318. The number of nitrogens with one attached hydrogen (secondary N) is 2. The number of hydrogen-bond acceptors (Lipinski definition) is 3. The number of fused-ring (bicyclic) bond motifs is 1. The molecule has 0 radical (unpaired) electrons. The fourth-order valence-electron chi connectivity index (χ4n) is 2.73. The summed E-state index contributed by atoms with van der Waals surface area (Å²) in [6.07, 6.45) is 2.60. The first-order valence-corrected chi connectivity index (χ1v) is 8.18. The quantitative estimate of drug-likeness (QED) is 0.707. The number of carbonyl (C=O) groups is 1. The average molecular weight is 321 g/mol. The number of pyridine rings is 1. The molecule has 3 aromatic rings. The molecule has 0 unspecified atom stereocenters. The van der Waals surface area contributed by atoms with Crippen molar-refractivity contribution in [2.24, 2.45) is 0 Å². The topological polar surface area (TPSA) is 52.5 Å². The molecule has 0 aliphatic carbocycles. The van der Waals surface area contributed by atoms with Crippen LogP contribution < -0.4 is 10.3 Å². The van der Waals surface area contributed by atoms with E-state index in [-0.39, 0.29) is 5.97 Å². The van der Waals surface area contributed by atoms with Crippen LogP contribution in [0.4, 0.5) is 5.69 Å². The Labute approximate surface area is 141 Å². The highest BCUT2D eigenvalue weighted by Gasteiger charge is 2.19. The van der Waals surface area contributed by atoms with Crippen LogP contribution in [-0.4, -0.2) is 19.1 Å². The molecule has 3 rings (SSSR count). The summed E-state index contributed by atoms with van der Waals surface area (Å²) in [4.78, 5) is 15.4. The summed E-state index contributed by atoms with van der Waals surface area (Å²) in [7, 11) is 0. The molecule has 1 aromatic heterocycles. The highest BCUT2D eigenvalue weighted by molar-refractivity contribution is 6.03. The Morgan fingerprint density at radius 2 is 1.83 bits per heavy atom. The number of aromatic amines is 1. The molecule has 24 heavy (non-hydrogen) atoms. The van der Waals surface area contributed by atoms with Gasteiger partial charge in [0.15, 0.2) is 6.20 Å². The number of esters is 1. The van der Waals surface area contributed by atoms with Gasteiger partial charge in [-0.2, -0.15) is 0 Å². The van der Waals surface area contributed by atoms with Gasteiger partial charge in [-0.25, -0.2) is 9.78 Å². The lowest BCUT2D eigenvalue weighted by molar-refractivity contribution is -0.344. The van der Waals surface area contributed by atoms with Crippen LogP contribution >= 0.6 is 0 Å². The van der Waals surface area contributed by atoms with Crippen LogP contribution in [0, 0.1) is 0 Å². The molecule has 0 aliphatic heterocycles. The number of hydrogen-bond donors (Lipinski definition) is 1. The van der Waals surface area contributed by atoms with E-state index in [2.05, 4.69) is 22.4 Å². The van der Waals surface area contributed by atoms with Crippen LogP contribution in [-0.2, 0) is 11.2 Å². The SMILES string of the molecule is CCOC(=O)c1c[nH+]c2ccccc2c1NCCc1ccccc1. The molecular formula is C20H21N2O2+. The molecule has 2 aromatic carbocycles. The zero-order valence-corrected chi connectivity index (χ0v) is 13.7. The lowest BCUT2D eigenvalue weighted by Crippen LogP contribution is -2.17. The highest BCUT2D eigenvalue weighted by Crippen LogP contribution is 2.25. The van der Waals surface area contributed by atoms with Gasteiger partial charge in [0.05, 0.1) is 17.7 Å². The second-order valence-corrected chi connectivity index (χ2v) is 5.51. The molecule has 2 N–H and O–H groups in total. The summed E-state index contributed by atoms with van der Waals surface area (Å²) < 4.78 is 5.18. The third-order valence-electron chi connectivity index (χ3n) is 3.89. The van der Waals surface area contributed by atoms with E-state index in [4.69, 9.17) is 4.74 Å². The predicted molar refractivity (Wildman–Crippen MR) is 95.1 cm³/mol. The van der Waals surface area contributed by atoms with E-state index in [0.29, 0.717) is 12.2 Å². The van der Waals surface area contributed by atoms with Crippen molar-refractivity contribution in [1.29, 1.82) is 0 Å². The number of carbonyl (C=O) groups excluding carboxylic acids is 1. The standard InChI is InChI=1S/C20H20N2O2/c1-2-24-20(23)17-14-22-18-11-7-6-10-16(18)19(17)21-13-12-15-8-4-3-5-9-15/h3-11,14H,2,12-13H2,1H3,(H,21,22)/p+1. The number of anilines is 1. The van der Waals surface area contributed by atoms with Crippen LogP contribution in [0.15, 0.2) is 60.8 Å². The van der Waals surface area contributed by atoms with E-state index in [1.54, 1.807) is 6.20 Å². The van der Waals surface area contributed by atoms with Crippen LogP contribution in [0.25, 0.3) is 10.9 Å². The van der Waals surface area contributed by atoms with Crippen molar-refractivity contribution < 1.29 is 14.5 Å². The Morgan fingerprint density at radius 3 is 2.62 bits per heavy atom. The Morgan fingerprint density at radius 1 is 1.08 bits per heavy atom. The first-order valence-electron chi connectivity index (χ1n) is 8.18. The fourth-order valence-corrected chi connectivity index (χ4v) is 2.73. The molecule has 0 fully saturated rings. The van der Waals surface area contributed by atoms with Crippen LogP contribution in [0.5, 0.6) is 0 Å². The molecule has 0 bridgehead atoms. The second-order valence-electron chi connectivity index (χ2n) is 5.51. The van der Waals surface area contributed by atoms with Crippen molar-refractivity contribution in [3.63, 3.8) is 0 Å². The van der Waals surface area contributed by atoms with E-state index in [1.807, 2.05) is 49.4 Å². The van der Waals surface area contributed by atoms with Gasteiger partial charge < -0.3 is 10.1 Å². The van der Waals surface area contributed by atoms with E-state index >= 15 is 0 Å². The van der Waals surface area contributed by atoms with E-state index in [1.165, 1.54) is 5.56 Å². The molecule has 122 valence electrons. The Hall–Kier alpha value is -2.88. The lowest BCUT2D eigenvalue weighted by atomic mass is 10.1.